The standard InChI is InChI=1S/C8H7FO3S/c9-4-13-5-1-2-6(8(11)12)7(10)3-5/h1-3,10H,4H2,(H,11,12). The van der Waals surface area contributed by atoms with Crippen molar-refractivity contribution in [3.8, 4) is 5.75 Å². The Kier molecular flexibility index (Phi) is 3.13. The van der Waals surface area contributed by atoms with Crippen LogP contribution >= 0.6 is 11.8 Å². The highest BCUT2D eigenvalue weighted by atomic mass is 32.2. The summed E-state index contributed by atoms with van der Waals surface area (Å²) in [6.07, 6.45) is 0. The van der Waals surface area contributed by atoms with Gasteiger partial charge in [0.1, 0.15) is 17.3 Å². The molecule has 0 saturated heterocycles. The molecule has 0 unspecified atom stereocenters. The number of aromatic hydroxyl groups is 1. The van der Waals surface area contributed by atoms with Crippen LogP contribution in [0.5, 0.6) is 5.75 Å². The summed E-state index contributed by atoms with van der Waals surface area (Å²) in [6.45, 7) is 0. The first-order valence-corrected chi connectivity index (χ1v) is 4.39. The predicted molar refractivity (Wildman–Crippen MR) is 46.9 cm³/mol. The van der Waals surface area contributed by atoms with E-state index in [1.807, 2.05) is 0 Å². The van der Waals surface area contributed by atoms with Gasteiger partial charge in [-0.15, -0.1) is 0 Å². The minimum Gasteiger partial charge on any atom is -0.507 e. The van der Waals surface area contributed by atoms with Crippen LogP contribution in [0.3, 0.4) is 0 Å². The van der Waals surface area contributed by atoms with E-state index >= 15 is 0 Å². The third-order valence-electron chi connectivity index (χ3n) is 1.42. The highest BCUT2D eigenvalue weighted by Gasteiger charge is 2.09. The average molecular weight is 202 g/mol. The third kappa shape index (κ3) is 2.35. The highest BCUT2D eigenvalue weighted by molar-refractivity contribution is 7.99. The molecule has 70 valence electrons. The van der Waals surface area contributed by atoms with Gasteiger partial charge in [0, 0.05) is 4.90 Å². The maximum atomic E-state index is 11.8. The van der Waals surface area contributed by atoms with E-state index in [1.54, 1.807) is 0 Å². The Labute approximate surface area is 78.2 Å². The van der Waals surface area contributed by atoms with Crippen molar-refractivity contribution >= 4 is 17.7 Å². The zero-order chi connectivity index (χ0) is 9.84. The summed E-state index contributed by atoms with van der Waals surface area (Å²) in [7, 11) is 0. The Morgan fingerprint density at radius 3 is 2.69 bits per heavy atom. The van der Waals surface area contributed by atoms with E-state index in [0.717, 1.165) is 11.8 Å². The lowest BCUT2D eigenvalue weighted by atomic mass is 10.2. The predicted octanol–water partition coefficient (Wildman–Crippen LogP) is 2.11. The van der Waals surface area contributed by atoms with Gasteiger partial charge in [-0.05, 0) is 18.2 Å². The molecule has 13 heavy (non-hydrogen) atoms. The van der Waals surface area contributed by atoms with Crippen LogP contribution in [0.4, 0.5) is 4.39 Å². The molecule has 0 atom stereocenters. The minimum absolute atomic E-state index is 0.178. The van der Waals surface area contributed by atoms with Crippen LogP contribution in [0, 0.1) is 0 Å². The van der Waals surface area contributed by atoms with Crippen molar-refractivity contribution in [3.05, 3.63) is 23.8 Å². The normalized spacial score (nSPS) is 9.92. The SMILES string of the molecule is O=C(O)c1ccc(SCF)cc1O. The zero-order valence-electron chi connectivity index (χ0n) is 6.53. The molecule has 2 N–H and O–H groups in total. The molecule has 0 bridgehead atoms. The van der Waals surface area contributed by atoms with Gasteiger partial charge in [0.15, 0.2) is 0 Å². The van der Waals surface area contributed by atoms with Crippen LogP contribution in [-0.2, 0) is 0 Å². The lowest BCUT2D eigenvalue weighted by molar-refractivity contribution is 0.0693. The number of hydrogen-bond donors (Lipinski definition) is 2. The van der Waals surface area contributed by atoms with Gasteiger partial charge in [-0.3, -0.25) is 0 Å². The summed E-state index contributed by atoms with van der Waals surface area (Å²) in [5.41, 5.74) is -0.178. The van der Waals surface area contributed by atoms with Crippen molar-refractivity contribution < 1.29 is 19.4 Å². The first-order chi connectivity index (χ1) is 6.15. The van der Waals surface area contributed by atoms with E-state index in [0.29, 0.717) is 4.90 Å². The average Bonchev–Trinajstić information content (AvgIpc) is 2.04. The number of carboxylic acids is 1. The van der Waals surface area contributed by atoms with Crippen molar-refractivity contribution in [1.29, 1.82) is 0 Å². The number of hydrogen-bond acceptors (Lipinski definition) is 3. The number of alkyl halides is 1. The van der Waals surface area contributed by atoms with E-state index in [1.165, 1.54) is 18.2 Å². The summed E-state index contributed by atoms with van der Waals surface area (Å²) >= 11 is 0.890. The second-order valence-corrected chi connectivity index (χ2v) is 3.22. The molecule has 0 aliphatic rings. The van der Waals surface area contributed by atoms with Gasteiger partial charge in [0.2, 0.25) is 0 Å². The molecule has 3 nitrogen and oxygen atoms in total. The molecule has 1 rings (SSSR count). The van der Waals surface area contributed by atoms with Gasteiger partial charge < -0.3 is 10.2 Å². The van der Waals surface area contributed by atoms with E-state index in [4.69, 9.17) is 5.11 Å². The van der Waals surface area contributed by atoms with Crippen molar-refractivity contribution in [2.24, 2.45) is 0 Å². The van der Waals surface area contributed by atoms with E-state index in [9.17, 15) is 14.3 Å². The fraction of sp³-hybridized carbons (Fsp3) is 0.125. The number of carbonyl (C=O) groups is 1. The van der Waals surface area contributed by atoms with E-state index in [-0.39, 0.29) is 11.3 Å². The molecule has 1 aromatic rings. The van der Waals surface area contributed by atoms with Gasteiger partial charge in [-0.25, -0.2) is 9.18 Å². The van der Waals surface area contributed by atoms with E-state index < -0.39 is 12.0 Å². The molecule has 0 saturated carbocycles. The molecular formula is C8H7FO3S. The number of phenols is 1. The number of halogens is 1. The van der Waals surface area contributed by atoms with Gasteiger partial charge in [0.25, 0.3) is 0 Å². The van der Waals surface area contributed by atoms with Gasteiger partial charge in [-0.2, -0.15) is 0 Å². The Morgan fingerprint density at radius 2 is 2.23 bits per heavy atom. The lowest BCUT2D eigenvalue weighted by Gasteiger charge is -2.01. The first kappa shape index (κ1) is 9.85. The van der Waals surface area contributed by atoms with Crippen LogP contribution in [0.25, 0.3) is 0 Å². The van der Waals surface area contributed by atoms with E-state index in [2.05, 4.69) is 0 Å². The summed E-state index contributed by atoms with van der Waals surface area (Å²) in [4.78, 5) is 11.0. The molecule has 0 aromatic heterocycles. The summed E-state index contributed by atoms with van der Waals surface area (Å²) < 4.78 is 11.8. The van der Waals surface area contributed by atoms with Crippen LogP contribution in [0.15, 0.2) is 23.1 Å². The van der Waals surface area contributed by atoms with Gasteiger partial charge >= 0.3 is 5.97 Å². The number of benzene rings is 1. The smallest absolute Gasteiger partial charge is 0.339 e. The van der Waals surface area contributed by atoms with Crippen molar-refractivity contribution in [2.45, 2.75) is 4.90 Å². The van der Waals surface area contributed by atoms with Gasteiger partial charge in [0.05, 0.1) is 0 Å². The van der Waals surface area contributed by atoms with Crippen molar-refractivity contribution in [2.75, 3.05) is 6.01 Å². The van der Waals surface area contributed by atoms with Crippen LogP contribution in [0.1, 0.15) is 10.4 Å². The minimum atomic E-state index is -1.20. The number of aromatic carboxylic acids is 1. The zero-order valence-corrected chi connectivity index (χ0v) is 7.34. The maximum absolute atomic E-state index is 11.8. The fourth-order valence-electron chi connectivity index (χ4n) is 0.845. The molecular weight excluding hydrogens is 195 g/mol. The molecule has 0 fully saturated rings. The Hall–Kier alpha value is -1.23. The molecule has 5 heteroatoms. The third-order valence-corrected chi connectivity index (χ3v) is 2.12. The largest absolute Gasteiger partial charge is 0.507 e. The summed E-state index contributed by atoms with van der Waals surface area (Å²) in [6, 6.07) is 3.32. The molecule has 0 aliphatic heterocycles. The summed E-state index contributed by atoms with van der Waals surface area (Å²) in [5.74, 6) is -1.54. The Morgan fingerprint density at radius 1 is 1.54 bits per heavy atom. The lowest BCUT2D eigenvalue weighted by Crippen LogP contribution is -1.96. The monoisotopic (exact) mass is 202 g/mol. The molecule has 0 radical (unpaired) electrons. The Balaban J connectivity index is 2.98. The molecule has 0 amide bonds. The maximum Gasteiger partial charge on any atom is 0.339 e. The summed E-state index contributed by atoms with van der Waals surface area (Å²) in [5, 5.41) is 17.7. The number of rotatable bonds is 3. The number of thioether (sulfide) groups is 1. The highest BCUT2D eigenvalue weighted by Crippen LogP contribution is 2.25. The van der Waals surface area contributed by atoms with Crippen LogP contribution in [-0.4, -0.2) is 22.2 Å². The quantitative estimate of drug-likeness (QED) is 0.737. The number of carboxylic acid groups (broad SMARTS) is 1. The first-order valence-electron chi connectivity index (χ1n) is 3.40. The molecule has 0 spiro atoms. The van der Waals surface area contributed by atoms with Crippen LogP contribution < -0.4 is 0 Å². The van der Waals surface area contributed by atoms with Crippen molar-refractivity contribution in [3.63, 3.8) is 0 Å². The molecule has 1 aromatic carbocycles. The second kappa shape index (κ2) is 4.13. The fourth-order valence-corrected chi connectivity index (χ4v) is 1.33. The molecule has 0 aliphatic carbocycles. The molecule has 0 heterocycles. The second-order valence-electron chi connectivity index (χ2n) is 2.24. The van der Waals surface area contributed by atoms with Crippen LogP contribution in [0.2, 0.25) is 0 Å². The topological polar surface area (TPSA) is 57.5 Å². The Bertz CT molecular complexity index is 327. The van der Waals surface area contributed by atoms with Crippen molar-refractivity contribution in [1.82, 2.24) is 0 Å². The van der Waals surface area contributed by atoms with Gasteiger partial charge in [-0.1, -0.05) is 11.8 Å².